The smallest absolute Gasteiger partial charge is 0.0991 e. The van der Waals surface area contributed by atoms with Crippen LogP contribution in [0.4, 0.5) is 11.4 Å². The molecular weight excluding hydrogens is 228 g/mol. The minimum atomic E-state index is 0.674. The second kappa shape index (κ2) is 5.42. The number of benzene rings is 2. The van der Waals surface area contributed by atoms with Crippen LogP contribution in [0.5, 0.6) is 0 Å². The molecule has 2 rings (SSSR count). The zero-order valence-electron chi connectivity index (χ0n) is 9.47. The molecule has 0 heterocycles. The SMILES string of the molecule is CSc1cccc(Nc2ccc(C#N)cc2)c1. The first-order valence-electron chi connectivity index (χ1n) is 5.23. The average molecular weight is 240 g/mol. The Balaban J connectivity index is 2.16. The lowest BCUT2D eigenvalue weighted by atomic mass is 10.2. The Hall–Kier alpha value is -1.92. The second-order valence-electron chi connectivity index (χ2n) is 3.55. The quantitative estimate of drug-likeness (QED) is 0.823. The van der Waals surface area contributed by atoms with Crippen molar-refractivity contribution in [3.63, 3.8) is 0 Å². The van der Waals surface area contributed by atoms with E-state index in [1.54, 1.807) is 23.9 Å². The van der Waals surface area contributed by atoms with Gasteiger partial charge in [0.15, 0.2) is 0 Å². The van der Waals surface area contributed by atoms with Crippen molar-refractivity contribution in [2.45, 2.75) is 4.90 Å². The fourth-order valence-electron chi connectivity index (χ4n) is 1.50. The van der Waals surface area contributed by atoms with Gasteiger partial charge in [-0.05, 0) is 48.7 Å². The van der Waals surface area contributed by atoms with Crippen molar-refractivity contribution < 1.29 is 0 Å². The maximum Gasteiger partial charge on any atom is 0.0991 e. The molecular formula is C14H12N2S. The van der Waals surface area contributed by atoms with Crippen LogP contribution < -0.4 is 5.32 Å². The molecule has 0 atom stereocenters. The molecule has 0 fully saturated rings. The molecule has 0 aromatic heterocycles. The highest BCUT2D eigenvalue weighted by molar-refractivity contribution is 7.98. The van der Waals surface area contributed by atoms with E-state index in [0.29, 0.717) is 5.56 Å². The minimum absolute atomic E-state index is 0.674. The maximum atomic E-state index is 8.71. The van der Waals surface area contributed by atoms with Crippen LogP contribution in [0.3, 0.4) is 0 Å². The summed E-state index contributed by atoms with van der Waals surface area (Å²) in [5.74, 6) is 0. The lowest BCUT2D eigenvalue weighted by Gasteiger charge is -2.07. The lowest BCUT2D eigenvalue weighted by Crippen LogP contribution is -1.90. The Labute approximate surface area is 105 Å². The molecule has 0 aliphatic carbocycles. The van der Waals surface area contributed by atoms with Crippen LogP contribution in [0.25, 0.3) is 0 Å². The van der Waals surface area contributed by atoms with Gasteiger partial charge >= 0.3 is 0 Å². The van der Waals surface area contributed by atoms with Gasteiger partial charge in [-0.15, -0.1) is 11.8 Å². The lowest BCUT2D eigenvalue weighted by molar-refractivity contribution is 1.43. The molecule has 84 valence electrons. The highest BCUT2D eigenvalue weighted by atomic mass is 32.2. The van der Waals surface area contributed by atoms with Crippen LogP contribution in [0.1, 0.15) is 5.56 Å². The molecule has 0 spiro atoms. The molecule has 2 aromatic rings. The summed E-state index contributed by atoms with van der Waals surface area (Å²) in [6.45, 7) is 0. The average Bonchev–Trinajstić information content (AvgIpc) is 2.40. The number of rotatable bonds is 3. The first-order chi connectivity index (χ1) is 8.31. The van der Waals surface area contributed by atoms with E-state index >= 15 is 0 Å². The van der Waals surface area contributed by atoms with Crippen LogP contribution >= 0.6 is 11.8 Å². The second-order valence-corrected chi connectivity index (χ2v) is 4.43. The molecule has 0 bridgehead atoms. The summed E-state index contributed by atoms with van der Waals surface area (Å²) in [7, 11) is 0. The molecule has 2 aromatic carbocycles. The van der Waals surface area contributed by atoms with Crippen LogP contribution in [-0.4, -0.2) is 6.26 Å². The Morgan fingerprint density at radius 3 is 2.47 bits per heavy atom. The largest absolute Gasteiger partial charge is 0.355 e. The predicted molar refractivity (Wildman–Crippen MR) is 72.7 cm³/mol. The third-order valence-electron chi connectivity index (χ3n) is 2.37. The minimum Gasteiger partial charge on any atom is -0.355 e. The van der Waals surface area contributed by atoms with Crippen molar-refractivity contribution in [3.8, 4) is 6.07 Å². The number of nitrogens with one attached hydrogen (secondary N) is 1. The van der Waals surface area contributed by atoms with Crippen LogP contribution in [0.2, 0.25) is 0 Å². The fourth-order valence-corrected chi connectivity index (χ4v) is 1.96. The molecule has 0 radical (unpaired) electrons. The standard InChI is InChI=1S/C14H12N2S/c1-17-14-4-2-3-13(9-14)16-12-7-5-11(10-15)6-8-12/h2-9,16H,1H3. The Bertz CT molecular complexity index is 541. The Kier molecular flexibility index (Phi) is 3.69. The van der Waals surface area contributed by atoms with Gasteiger partial charge in [-0.1, -0.05) is 6.07 Å². The predicted octanol–water partition coefficient (Wildman–Crippen LogP) is 4.02. The van der Waals surface area contributed by atoms with Gasteiger partial charge in [0.2, 0.25) is 0 Å². The molecule has 0 aliphatic heterocycles. The number of hydrogen-bond donors (Lipinski definition) is 1. The number of anilines is 2. The summed E-state index contributed by atoms with van der Waals surface area (Å²) >= 11 is 1.72. The van der Waals surface area contributed by atoms with Gasteiger partial charge in [-0.3, -0.25) is 0 Å². The van der Waals surface area contributed by atoms with Crippen LogP contribution in [-0.2, 0) is 0 Å². The first kappa shape index (κ1) is 11.6. The number of hydrogen-bond acceptors (Lipinski definition) is 3. The molecule has 3 heteroatoms. The van der Waals surface area contributed by atoms with Gasteiger partial charge in [0.05, 0.1) is 11.6 Å². The van der Waals surface area contributed by atoms with E-state index in [2.05, 4.69) is 29.8 Å². The maximum absolute atomic E-state index is 8.71. The number of nitrogens with zero attached hydrogens (tertiary/aromatic N) is 1. The molecule has 17 heavy (non-hydrogen) atoms. The van der Waals surface area contributed by atoms with Gasteiger partial charge in [0.25, 0.3) is 0 Å². The molecule has 0 amide bonds. The summed E-state index contributed by atoms with van der Waals surface area (Å²) in [4.78, 5) is 1.23. The summed E-state index contributed by atoms with van der Waals surface area (Å²) in [5.41, 5.74) is 2.72. The molecule has 0 aliphatic rings. The third-order valence-corrected chi connectivity index (χ3v) is 3.10. The van der Waals surface area contributed by atoms with Gasteiger partial charge in [0, 0.05) is 16.3 Å². The van der Waals surface area contributed by atoms with Gasteiger partial charge in [0.1, 0.15) is 0 Å². The Morgan fingerprint density at radius 1 is 1.06 bits per heavy atom. The van der Waals surface area contributed by atoms with Crippen molar-refractivity contribution in [2.75, 3.05) is 11.6 Å². The summed E-state index contributed by atoms with van der Waals surface area (Å²) in [5, 5.41) is 12.0. The summed E-state index contributed by atoms with van der Waals surface area (Å²) < 4.78 is 0. The van der Waals surface area contributed by atoms with Gasteiger partial charge in [-0.25, -0.2) is 0 Å². The molecule has 1 N–H and O–H groups in total. The van der Waals surface area contributed by atoms with Crippen LogP contribution in [0, 0.1) is 11.3 Å². The molecule has 0 saturated carbocycles. The third kappa shape index (κ3) is 3.02. The molecule has 0 saturated heterocycles. The Morgan fingerprint density at radius 2 is 1.82 bits per heavy atom. The van der Waals surface area contributed by atoms with Crippen molar-refractivity contribution in [3.05, 3.63) is 54.1 Å². The fraction of sp³-hybridized carbons (Fsp3) is 0.0714. The van der Waals surface area contributed by atoms with Gasteiger partial charge in [-0.2, -0.15) is 5.26 Å². The van der Waals surface area contributed by atoms with E-state index < -0.39 is 0 Å². The van der Waals surface area contributed by atoms with E-state index in [-0.39, 0.29) is 0 Å². The zero-order chi connectivity index (χ0) is 12.1. The first-order valence-corrected chi connectivity index (χ1v) is 6.45. The summed E-state index contributed by atoms with van der Waals surface area (Å²) in [6, 6.07) is 17.8. The molecule has 2 nitrogen and oxygen atoms in total. The summed E-state index contributed by atoms with van der Waals surface area (Å²) in [6.07, 6.45) is 2.06. The van der Waals surface area contributed by atoms with Crippen molar-refractivity contribution in [1.82, 2.24) is 0 Å². The van der Waals surface area contributed by atoms with E-state index in [4.69, 9.17) is 5.26 Å². The van der Waals surface area contributed by atoms with E-state index in [1.807, 2.05) is 24.3 Å². The monoisotopic (exact) mass is 240 g/mol. The number of nitriles is 1. The topological polar surface area (TPSA) is 35.8 Å². The van der Waals surface area contributed by atoms with Crippen molar-refractivity contribution in [1.29, 1.82) is 5.26 Å². The van der Waals surface area contributed by atoms with E-state index in [0.717, 1.165) is 11.4 Å². The van der Waals surface area contributed by atoms with Gasteiger partial charge < -0.3 is 5.32 Å². The number of thioether (sulfide) groups is 1. The normalized spacial score (nSPS) is 9.65. The van der Waals surface area contributed by atoms with Crippen molar-refractivity contribution >= 4 is 23.1 Å². The highest BCUT2D eigenvalue weighted by Gasteiger charge is 1.96. The highest BCUT2D eigenvalue weighted by Crippen LogP contribution is 2.22. The van der Waals surface area contributed by atoms with E-state index in [9.17, 15) is 0 Å². The van der Waals surface area contributed by atoms with Crippen LogP contribution in [0.15, 0.2) is 53.4 Å². The van der Waals surface area contributed by atoms with E-state index in [1.165, 1.54) is 4.90 Å². The van der Waals surface area contributed by atoms with Crippen molar-refractivity contribution in [2.24, 2.45) is 0 Å². The molecule has 0 unspecified atom stereocenters. The zero-order valence-corrected chi connectivity index (χ0v) is 10.3.